The van der Waals surface area contributed by atoms with Crippen molar-refractivity contribution in [1.82, 2.24) is 0 Å². The van der Waals surface area contributed by atoms with E-state index in [0.29, 0.717) is 0 Å². The lowest BCUT2D eigenvalue weighted by molar-refractivity contribution is -0.0483. The lowest BCUT2D eigenvalue weighted by atomic mass is 9.92. The van der Waals surface area contributed by atoms with Gasteiger partial charge in [0.05, 0.1) is 0 Å². The highest BCUT2D eigenvalue weighted by atomic mass is 16.6. The van der Waals surface area contributed by atoms with Gasteiger partial charge in [-0.25, -0.2) is 0 Å². The van der Waals surface area contributed by atoms with Crippen molar-refractivity contribution in [3.8, 4) is 0 Å². The number of rotatable bonds is 2. The number of ether oxygens (including phenoxy) is 1. The fourth-order valence-electron chi connectivity index (χ4n) is 1.56. The molecule has 1 unspecified atom stereocenters. The van der Waals surface area contributed by atoms with Gasteiger partial charge in [-0.05, 0) is 38.2 Å². The molecule has 1 atom stereocenters. The Morgan fingerprint density at radius 1 is 1.36 bits per heavy atom. The summed E-state index contributed by atoms with van der Waals surface area (Å²) in [5, 5.41) is 9.37. The third-order valence-electron chi connectivity index (χ3n) is 2.32. The minimum absolute atomic E-state index is 0.657. The Bertz CT molecular complexity index is 161. The van der Waals surface area contributed by atoms with Crippen LogP contribution in [-0.2, 0) is 4.74 Å². The molecule has 0 spiro atoms. The van der Waals surface area contributed by atoms with Crippen molar-refractivity contribution < 1.29 is 9.84 Å². The third kappa shape index (κ3) is 2.04. The first-order chi connectivity index (χ1) is 5.25. The van der Waals surface area contributed by atoms with E-state index in [2.05, 4.69) is 6.92 Å². The van der Waals surface area contributed by atoms with Crippen LogP contribution in [0.25, 0.3) is 0 Å². The van der Waals surface area contributed by atoms with Gasteiger partial charge in [-0.15, -0.1) is 0 Å². The lowest BCUT2D eigenvalue weighted by Crippen LogP contribution is -2.16. The second-order valence-corrected chi connectivity index (χ2v) is 3.10. The first-order valence-electron chi connectivity index (χ1n) is 4.15. The fraction of sp³-hybridized carbons (Fsp3) is 0.778. The molecular formula is C9H16O2. The van der Waals surface area contributed by atoms with E-state index in [0.717, 1.165) is 18.4 Å². The van der Waals surface area contributed by atoms with Crippen molar-refractivity contribution in [2.45, 2.75) is 38.9 Å². The number of methoxy groups -OCH3 is 1. The van der Waals surface area contributed by atoms with Gasteiger partial charge < -0.3 is 9.84 Å². The highest BCUT2D eigenvalue weighted by Gasteiger charge is 2.15. The SMILES string of the molecule is COC(O)C1=C(C)CCCC1. The van der Waals surface area contributed by atoms with Crippen molar-refractivity contribution >= 4 is 0 Å². The maximum absolute atomic E-state index is 9.37. The molecule has 0 aromatic carbocycles. The van der Waals surface area contributed by atoms with Crippen LogP contribution in [0.5, 0.6) is 0 Å². The van der Waals surface area contributed by atoms with Crippen LogP contribution < -0.4 is 0 Å². The zero-order valence-corrected chi connectivity index (χ0v) is 7.26. The molecule has 1 aliphatic carbocycles. The van der Waals surface area contributed by atoms with Crippen molar-refractivity contribution in [3.05, 3.63) is 11.1 Å². The summed E-state index contributed by atoms with van der Waals surface area (Å²) in [6.45, 7) is 2.08. The van der Waals surface area contributed by atoms with Gasteiger partial charge in [0.15, 0.2) is 6.29 Å². The summed E-state index contributed by atoms with van der Waals surface area (Å²) in [6, 6.07) is 0. The zero-order valence-electron chi connectivity index (χ0n) is 7.26. The van der Waals surface area contributed by atoms with Crippen LogP contribution >= 0.6 is 0 Å². The standard InChI is InChI=1S/C9H16O2/c1-7-5-3-4-6-8(7)9(10)11-2/h9-10H,3-6H2,1-2H3. The van der Waals surface area contributed by atoms with Gasteiger partial charge in [-0.2, -0.15) is 0 Å². The van der Waals surface area contributed by atoms with E-state index in [-0.39, 0.29) is 0 Å². The molecule has 0 saturated carbocycles. The maximum atomic E-state index is 9.37. The molecule has 2 nitrogen and oxygen atoms in total. The van der Waals surface area contributed by atoms with E-state index in [1.165, 1.54) is 18.4 Å². The number of allylic oxidation sites excluding steroid dienone is 1. The third-order valence-corrected chi connectivity index (χ3v) is 2.32. The summed E-state index contributed by atoms with van der Waals surface area (Å²) >= 11 is 0. The first kappa shape index (κ1) is 8.75. The summed E-state index contributed by atoms with van der Waals surface area (Å²) in [5.74, 6) is 0. The Morgan fingerprint density at radius 2 is 2.00 bits per heavy atom. The molecule has 1 N–H and O–H groups in total. The van der Waals surface area contributed by atoms with E-state index >= 15 is 0 Å². The number of aliphatic hydroxyl groups is 1. The molecule has 0 radical (unpaired) electrons. The van der Waals surface area contributed by atoms with Crippen LogP contribution in [-0.4, -0.2) is 18.5 Å². The van der Waals surface area contributed by atoms with E-state index in [9.17, 15) is 5.11 Å². The topological polar surface area (TPSA) is 29.5 Å². The van der Waals surface area contributed by atoms with E-state index in [4.69, 9.17) is 4.74 Å². The molecule has 2 heteroatoms. The molecule has 1 aliphatic rings. The molecule has 11 heavy (non-hydrogen) atoms. The molecule has 0 fully saturated rings. The van der Waals surface area contributed by atoms with Gasteiger partial charge in [0.1, 0.15) is 0 Å². The molecule has 0 heterocycles. The fourth-order valence-corrected chi connectivity index (χ4v) is 1.56. The summed E-state index contributed by atoms with van der Waals surface area (Å²) in [4.78, 5) is 0. The van der Waals surface area contributed by atoms with E-state index in [1.54, 1.807) is 7.11 Å². The summed E-state index contributed by atoms with van der Waals surface area (Å²) in [7, 11) is 1.54. The highest BCUT2D eigenvalue weighted by Crippen LogP contribution is 2.26. The summed E-state index contributed by atoms with van der Waals surface area (Å²) < 4.78 is 4.86. The minimum atomic E-state index is -0.657. The van der Waals surface area contributed by atoms with Gasteiger partial charge >= 0.3 is 0 Å². The van der Waals surface area contributed by atoms with Crippen molar-refractivity contribution in [2.75, 3.05) is 7.11 Å². The van der Waals surface area contributed by atoms with E-state index in [1.807, 2.05) is 0 Å². The average Bonchev–Trinajstić information content (AvgIpc) is 2.04. The monoisotopic (exact) mass is 156 g/mol. The molecule has 0 amide bonds. The van der Waals surface area contributed by atoms with Crippen LogP contribution in [0.15, 0.2) is 11.1 Å². The number of aliphatic hydroxyl groups excluding tert-OH is 1. The largest absolute Gasteiger partial charge is 0.364 e. The van der Waals surface area contributed by atoms with Crippen LogP contribution in [0.3, 0.4) is 0 Å². The Balaban J connectivity index is 2.65. The van der Waals surface area contributed by atoms with Gasteiger partial charge in [0.2, 0.25) is 0 Å². The maximum Gasteiger partial charge on any atom is 0.176 e. The smallest absolute Gasteiger partial charge is 0.176 e. The second-order valence-electron chi connectivity index (χ2n) is 3.10. The molecule has 1 rings (SSSR count). The molecule has 64 valence electrons. The Morgan fingerprint density at radius 3 is 2.55 bits per heavy atom. The highest BCUT2D eigenvalue weighted by molar-refractivity contribution is 5.16. The lowest BCUT2D eigenvalue weighted by Gasteiger charge is -2.20. The summed E-state index contributed by atoms with van der Waals surface area (Å²) in [5.41, 5.74) is 2.41. The minimum Gasteiger partial charge on any atom is -0.364 e. The predicted octanol–water partition coefficient (Wildman–Crippen LogP) is 1.84. The van der Waals surface area contributed by atoms with Gasteiger partial charge in [-0.3, -0.25) is 0 Å². The Labute approximate surface area is 67.9 Å². The quantitative estimate of drug-likeness (QED) is 0.488. The molecule has 0 aromatic rings. The van der Waals surface area contributed by atoms with Gasteiger partial charge in [0, 0.05) is 7.11 Å². The predicted molar refractivity (Wildman–Crippen MR) is 44.2 cm³/mol. The first-order valence-corrected chi connectivity index (χ1v) is 4.15. The molecule has 0 saturated heterocycles. The second kappa shape index (κ2) is 3.88. The van der Waals surface area contributed by atoms with Crippen molar-refractivity contribution in [3.63, 3.8) is 0 Å². The van der Waals surface area contributed by atoms with Crippen molar-refractivity contribution in [1.29, 1.82) is 0 Å². The Hall–Kier alpha value is -0.340. The van der Waals surface area contributed by atoms with Crippen LogP contribution in [0.4, 0.5) is 0 Å². The van der Waals surface area contributed by atoms with Crippen LogP contribution in [0.1, 0.15) is 32.6 Å². The number of hydrogen-bond acceptors (Lipinski definition) is 2. The van der Waals surface area contributed by atoms with Crippen LogP contribution in [0.2, 0.25) is 0 Å². The van der Waals surface area contributed by atoms with E-state index < -0.39 is 6.29 Å². The molecule has 0 aliphatic heterocycles. The average molecular weight is 156 g/mol. The molecule has 0 bridgehead atoms. The normalized spacial score (nSPS) is 22.1. The zero-order chi connectivity index (χ0) is 8.27. The van der Waals surface area contributed by atoms with Crippen molar-refractivity contribution in [2.24, 2.45) is 0 Å². The van der Waals surface area contributed by atoms with Gasteiger partial charge in [-0.1, -0.05) is 5.57 Å². The number of hydrogen-bond donors (Lipinski definition) is 1. The molecule has 0 aromatic heterocycles. The summed E-state index contributed by atoms with van der Waals surface area (Å²) in [6.07, 6.45) is 3.91. The van der Waals surface area contributed by atoms with Crippen LogP contribution in [0, 0.1) is 0 Å². The molecular weight excluding hydrogens is 140 g/mol. The Kier molecular flexibility index (Phi) is 3.09. The van der Waals surface area contributed by atoms with Gasteiger partial charge in [0.25, 0.3) is 0 Å².